The molecule has 0 unspecified atom stereocenters. The van der Waals surface area contributed by atoms with Crippen molar-refractivity contribution < 1.29 is 4.79 Å². The number of imidazole rings is 1. The second-order valence-corrected chi connectivity index (χ2v) is 8.17. The Kier molecular flexibility index (Phi) is 4.77. The van der Waals surface area contributed by atoms with Gasteiger partial charge in [0.25, 0.3) is 5.56 Å². The maximum Gasteiger partial charge on any atom is 0.332 e. The lowest BCUT2D eigenvalue weighted by Gasteiger charge is -2.09. The Morgan fingerprint density at radius 1 is 1.03 bits per heavy atom. The summed E-state index contributed by atoms with van der Waals surface area (Å²) >= 11 is 0. The number of hydrogen-bond donors (Lipinski definition) is 1. The van der Waals surface area contributed by atoms with Gasteiger partial charge in [-0.15, -0.1) is 0 Å². The minimum atomic E-state index is -0.412. The molecule has 2 aromatic heterocycles. The van der Waals surface area contributed by atoms with Gasteiger partial charge in [-0.3, -0.25) is 18.7 Å². The van der Waals surface area contributed by atoms with Gasteiger partial charge in [-0.05, 0) is 47.2 Å². The van der Waals surface area contributed by atoms with Gasteiger partial charge < -0.3 is 9.88 Å². The van der Waals surface area contributed by atoms with E-state index in [1.807, 2.05) is 24.3 Å². The molecular weight excluding hydrogens is 406 g/mol. The number of nitrogens with one attached hydrogen (secondary N) is 1. The van der Waals surface area contributed by atoms with Gasteiger partial charge >= 0.3 is 5.69 Å². The molecule has 162 valence electrons. The summed E-state index contributed by atoms with van der Waals surface area (Å²) in [5.74, 6) is -0.0785. The molecule has 1 N–H and O–H groups in total. The third kappa shape index (κ3) is 3.24. The third-order valence-electron chi connectivity index (χ3n) is 6.10. The molecule has 0 atom stereocenters. The van der Waals surface area contributed by atoms with E-state index < -0.39 is 5.69 Å². The lowest BCUT2D eigenvalue weighted by Crippen LogP contribution is -2.37. The number of carbonyl (C=O) groups is 1. The van der Waals surface area contributed by atoms with Gasteiger partial charge in [-0.2, -0.15) is 0 Å². The van der Waals surface area contributed by atoms with Crippen molar-refractivity contribution in [3.63, 3.8) is 0 Å². The fourth-order valence-electron chi connectivity index (χ4n) is 4.42. The fraction of sp³-hybridized carbons (Fsp3) is 0.250. The Hall–Kier alpha value is -3.94. The van der Waals surface area contributed by atoms with E-state index in [1.165, 1.54) is 33.9 Å². The number of amides is 1. The molecule has 0 saturated heterocycles. The molecule has 2 heterocycles. The molecule has 0 bridgehead atoms. The van der Waals surface area contributed by atoms with E-state index in [2.05, 4.69) is 28.5 Å². The molecule has 1 amide bonds. The van der Waals surface area contributed by atoms with Crippen molar-refractivity contribution in [2.75, 3.05) is 5.32 Å². The van der Waals surface area contributed by atoms with Crippen LogP contribution in [-0.4, -0.2) is 24.6 Å². The molecule has 5 rings (SSSR count). The maximum atomic E-state index is 12.5. The molecule has 0 spiro atoms. The van der Waals surface area contributed by atoms with Gasteiger partial charge in [-0.1, -0.05) is 30.3 Å². The first-order valence-corrected chi connectivity index (χ1v) is 10.6. The lowest BCUT2D eigenvalue weighted by molar-refractivity contribution is -0.116. The molecule has 0 fully saturated rings. The van der Waals surface area contributed by atoms with Crippen LogP contribution in [0.15, 0.2) is 58.4 Å². The van der Waals surface area contributed by atoms with Crippen LogP contribution in [0.4, 0.5) is 5.69 Å². The standard InChI is InChI=1S/C24H23N5O3/c1-27-22-21(23(31)28(2)24(27)32)29(14-25-22)11-5-8-20(30)26-17-9-10-19-16(13-17)12-15-6-3-4-7-18(15)19/h3-4,6-7,9-10,13-14H,5,8,11-12H2,1-2H3,(H,26,30). The number of hydrogen-bond acceptors (Lipinski definition) is 4. The van der Waals surface area contributed by atoms with Crippen molar-refractivity contribution in [1.29, 1.82) is 0 Å². The van der Waals surface area contributed by atoms with E-state index >= 15 is 0 Å². The summed E-state index contributed by atoms with van der Waals surface area (Å²) in [6.45, 7) is 0.455. The Labute approximate surface area is 183 Å². The van der Waals surface area contributed by atoms with Crippen LogP contribution in [0.2, 0.25) is 0 Å². The minimum absolute atomic E-state index is 0.0785. The van der Waals surface area contributed by atoms with Crippen LogP contribution in [0.3, 0.4) is 0 Å². The zero-order valence-corrected chi connectivity index (χ0v) is 18.0. The molecule has 0 radical (unpaired) electrons. The topological polar surface area (TPSA) is 90.9 Å². The van der Waals surface area contributed by atoms with Crippen molar-refractivity contribution in [2.45, 2.75) is 25.8 Å². The average Bonchev–Trinajstić information content (AvgIpc) is 3.37. The van der Waals surface area contributed by atoms with Gasteiger partial charge in [-0.25, -0.2) is 9.78 Å². The SMILES string of the molecule is Cn1c(=O)c2c(ncn2CCCC(=O)Nc2ccc3c(c2)Cc2ccccc2-3)n(C)c1=O. The Bertz CT molecular complexity index is 1490. The van der Waals surface area contributed by atoms with Crippen molar-refractivity contribution in [1.82, 2.24) is 18.7 Å². The van der Waals surface area contributed by atoms with Crippen LogP contribution in [-0.2, 0) is 31.9 Å². The number of carbonyl (C=O) groups excluding carboxylic acids is 1. The normalized spacial score (nSPS) is 12.1. The number of aromatic nitrogens is 4. The van der Waals surface area contributed by atoms with Gasteiger partial charge in [0, 0.05) is 32.7 Å². The van der Waals surface area contributed by atoms with Crippen LogP contribution >= 0.6 is 0 Å². The van der Waals surface area contributed by atoms with Crippen molar-refractivity contribution >= 4 is 22.8 Å². The summed E-state index contributed by atoms with van der Waals surface area (Å²) in [6, 6.07) is 14.4. The first kappa shape index (κ1) is 20.0. The van der Waals surface area contributed by atoms with Crippen LogP contribution in [0.1, 0.15) is 24.0 Å². The molecule has 1 aliphatic carbocycles. The smallest absolute Gasteiger partial charge is 0.326 e. The average molecular weight is 429 g/mol. The molecule has 8 nitrogen and oxygen atoms in total. The van der Waals surface area contributed by atoms with Crippen molar-refractivity contribution in [3.05, 3.63) is 80.8 Å². The Balaban J connectivity index is 1.25. The van der Waals surface area contributed by atoms with Crippen LogP contribution < -0.4 is 16.6 Å². The number of fused-ring (bicyclic) bond motifs is 4. The highest BCUT2D eigenvalue weighted by molar-refractivity contribution is 5.91. The summed E-state index contributed by atoms with van der Waals surface area (Å²) in [5.41, 5.74) is 5.72. The second-order valence-electron chi connectivity index (χ2n) is 8.17. The van der Waals surface area contributed by atoms with E-state index in [-0.39, 0.29) is 11.5 Å². The van der Waals surface area contributed by atoms with Crippen LogP contribution in [0, 0.1) is 0 Å². The van der Waals surface area contributed by atoms with Crippen molar-refractivity contribution in [3.8, 4) is 11.1 Å². The Morgan fingerprint density at radius 2 is 1.81 bits per heavy atom. The lowest BCUT2D eigenvalue weighted by atomic mass is 10.1. The third-order valence-corrected chi connectivity index (χ3v) is 6.10. The summed E-state index contributed by atoms with van der Waals surface area (Å²) < 4.78 is 4.13. The number of anilines is 1. The largest absolute Gasteiger partial charge is 0.332 e. The molecule has 0 aliphatic heterocycles. The molecule has 8 heteroatoms. The van der Waals surface area contributed by atoms with Crippen LogP contribution in [0.5, 0.6) is 0 Å². The predicted molar refractivity (Wildman–Crippen MR) is 123 cm³/mol. The predicted octanol–water partition coefficient (Wildman–Crippen LogP) is 2.42. The maximum absolute atomic E-state index is 12.5. The number of aryl methyl sites for hydroxylation is 2. The van der Waals surface area contributed by atoms with Gasteiger partial charge in [0.2, 0.25) is 5.91 Å². The quantitative estimate of drug-likeness (QED) is 0.465. The summed E-state index contributed by atoms with van der Waals surface area (Å²) in [7, 11) is 3.04. The monoisotopic (exact) mass is 429 g/mol. The number of nitrogens with zero attached hydrogens (tertiary/aromatic N) is 4. The molecule has 2 aromatic carbocycles. The molecule has 0 saturated carbocycles. The highest BCUT2D eigenvalue weighted by Crippen LogP contribution is 2.37. The van der Waals surface area contributed by atoms with Crippen molar-refractivity contribution in [2.24, 2.45) is 14.1 Å². The van der Waals surface area contributed by atoms with E-state index in [0.29, 0.717) is 30.6 Å². The summed E-state index contributed by atoms with van der Waals surface area (Å²) in [4.78, 5) is 41.3. The zero-order chi connectivity index (χ0) is 22.4. The number of benzene rings is 2. The Morgan fingerprint density at radius 3 is 2.66 bits per heavy atom. The number of rotatable bonds is 5. The molecule has 1 aliphatic rings. The van der Waals surface area contributed by atoms with Gasteiger partial charge in [0.15, 0.2) is 11.2 Å². The van der Waals surface area contributed by atoms with E-state index in [9.17, 15) is 14.4 Å². The molecule has 32 heavy (non-hydrogen) atoms. The first-order valence-electron chi connectivity index (χ1n) is 10.6. The van der Waals surface area contributed by atoms with Crippen LogP contribution in [0.25, 0.3) is 22.3 Å². The van der Waals surface area contributed by atoms with E-state index in [0.717, 1.165) is 16.7 Å². The summed E-state index contributed by atoms with van der Waals surface area (Å²) in [5, 5.41) is 2.98. The molecular formula is C24H23N5O3. The van der Waals surface area contributed by atoms with Gasteiger partial charge in [0.05, 0.1) is 6.33 Å². The molecule has 4 aromatic rings. The minimum Gasteiger partial charge on any atom is -0.326 e. The van der Waals surface area contributed by atoms with E-state index in [1.54, 1.807) is 17.9 Å². The highest BCUT2D eigenvalue weighted by atomic mass is 16.2. The van der Waals surface area contributed by atoms with Gasteiger partial charge in [0.1, 0.15) is 0 Å². The summed E-state index contributed by atoms with van der Waals surface area (Å²) in [6.07, 6.45) is 3.27. The van der Waals surface area contributed by atoms with E-state index in [4.69, 9.17) is 0 Å². The fourth-order valence-corrected chi connectivity index (χ4v) is 4.42. The first-order chi connectivity index (χ1) is 15.4. The zero-order valence-electron chi connectivity index (χ0n) is 18.0. The second kappa shape index (κ2) is 7.64. The highest BCUT2D eigenvalue weighted by Gasteiger charge is 2.18.